The van der Waals surface area contributed by atoms with Gasteiger partial charge in [-0.25, -0.2) is 0 Å². The van der Waals surface area contributed by atoms with E-state index in [-0.39, 0.29) is 5.91 Å². The number of hydrogen-bond donors (Lipinski definition) is 1. The Morgan fingerprint density at radius 1 is 1.23 bits per heavy atom. The van der Waals surface area contributed by atoms with Gasteiger partial charge in [0.05, 0.1) is 13.0 Å². The van der Waals surface area contributed by atoms with Crippen LogP contribution >= 0.6 is 11.3 Å². The van der Waals surface area contributed by atoms with Crippen molar-refractivity contribution in [3.8, 4) is 0 Å². The number of nitrogens with one attached hydrogen (secondary N) is 1. The molecule has 0 atom stereocenters. The van der Waals surface area contributed by atoms with Gasteiger partial charge in [-0.2, -0.15) is 0 Å². The Hall–Kier alpha value is -2.07. The predicted molar refractivity (Wildman–Crippen MR) is 89.9 cm³/mol. The third-order valence-electron chi connectivity index (χ3n) is 4.23. The van der Waals surface area contributed by atoms with Crippen LogP contribution in [0.2, 0.25) is 0 Å². The van der Waals surface area contributed by atoms with Crippen LogP contribution in [0.15, 0.2) is 48.0 Å². The molecule has 0 aliphatic heterocycles. The minimum atomic E-state index is 0.237. The number of aromatic amines is 1. The molecule has 0 unspecified atom stereocenters. The van der Waals surface area contributed by atoms with Gasteiger partial charge in [-0.05, 0) is 35.9 Å². The van der Waals surface area contributed by atoms with Gasteiger partial charge >= 0.3 is 0 Å². The molecule has 4 rings (SSSR count). The van der Waals surface area contributed by atoms with Crippen molar-refractivity contribution in [3.05, 3.63) is 58.4 Å². The maximum atomic E-state index is 12.8. The van der Waals surface area contributed by atoms with E-state index >= 15 is 0 Å². The number of nitrogens with zero attached hydrogens (tertiary/aromatic N) is 1. The topological polar surface area (TPSA) is 36.1 Å². The molecule has 112 valence electrons. The summed E-state index contributed by atoms with van der Waals surface area (Å²) in [4.78, 5) is 19.4. The summed E-state index contributed by atoms with van der Waals surface area (Å²) < 4.78 is 0. The first-order valence-electron chi connectivity index (χ1n) is 7.68. The molecule has 22 heavy (non-hydrogen) atoms. The first-order chi connectivity index (χ1) is 10.8. The van der Waals surface area contributed by atoms with Crippen molar-refractivity contribution < 1.29 is 4.79 Å². The Labute approximate surface area is 133 Å². The lowest BCUT2D eigenvalue weighted by molar-refractivity contribution is -0.131. The van der Waals surface area contributed by atoms with E-state index < -0.39 is 0 Å². The van der Waals surface area contributed by atoms with Gasteiger partial charge in [0, 0.05) is 28.0 Å². The summed E-state index contributed by atoms with van der Waals surface area (Å²) in [6.07, 6.45) is 4.74. The first-order valence-corrected chi connectivity index (χ1v) is 8.56. The summed E-state index contributed by atoms with van der Waals surface area (Å²) in [6, 6.07) is 12.8. The number of fused-ring (bicyclic) bond motifs is 1. The summed E-state index contributed by atoms with van der Waals surface area (Å²) >= 11 is 1.72. The number of carbonyl (C=O) groups excluding carboxylic acids is 1. The fraction of sp³-hybridized carbons (Fsp3) is 0.278. The van der Waals surface area contributed by atoms with Crippen LogP contribution in [-0.2, 0) is 17.8 Å². The van der Waals surface area contributed by atoms with E-state index in [2.05, 4.69) is 33.5 Å². The average Bonchev–Trinajstić information content (AvgIpc) is 3.09. The lowest BCUT2D eigenvalue weighted by atomic mass is 10.1. The number of rotatable bonds is 5. The maximum Gasteiger partial charge on any atom is 0.227 e. The van der Waals surface area contributed by atoms with Crippen LogP contribution in [0, 0.1) is 0 Å². The molecule has 3 nitrogen and oxygen atoms in total. The zero-order valence-corrected chi connectivity index (χ0v) is 13.1. The highest BCUT2D eigenvalue weighted by atomic mass is 32.1. The van der Waals surface area contributed by atoms with Crippen LogP contribution in [0.3, 0.4) is 0 Å². The molecule has 3 aromatic rings. The van der Waals surface area contributed by atoms with Crippen molar-refractivity contribution in [1.82, 2.24) is 9.88 Å². The molecule has 1 aromatic carbocycles. The molecular weight excluding hydrogens is 292 g/mol. The normalized spacial score (nSPS) is 14.4. The molecule has 2 heterocycles. The van der Waals surface area contributed by atoms with Gasteiger partial charge in [-0.1, -0.05) is 24.3 Å². The Bertz CT molecular complexity index is 786. The van der Waals surface area contributed by atoms with Gasteiger partial charge in [0.2, 0.25) is 5.91 Å². The summed E-state index contributed by atoms with van der Waals surface area (Å²) in [5.74, 6) is 0.237. The van der Waals surface area contributed by atoms with Gasteiger partial charge in [-0.3, -0.25) is 4.79 Å². The number of para-hydroxylation sites is 1. The third-order valence-corrected chi connectivity index (χ3v) is 5.09. The van der Waals surface area contributed by atoms with Crippen LogP contribution in [-0.4, -0.2) is 21.8 Å². The molecular formula is C18H18N2OS. The number of aromatic nitrogens is 1. The molecule has 4 heteroatoms. The van der Waals surface area contributed by atoms with E-state index in [0.717, 1.165) is 35.9 Å². The van der Waals surface area contributed by atoms with E-state index in [0.29, 0.717) is 12.5 Å². The number of H-pyrrole nitrogens is 1. The Balaban J connectivity index is 1.54. The number of benzene rings is 1. The minimum absolute atomic E-state index is 0.237. The smallest absolute Gasteiger partial charge is 0.227 e. The van der Waals surface area contributed by atoms with Gasteiger partial charge in [0.1, 0.15) is 0 Å². The minimum Gasteiger partial charge on any atom is -0.361 e. The monoisotopic (exact) mass is 310 g/mol. The van der Waals surface area contributed by atoms with Crippen molar-refractivity contribution in [1.29, 1.82) is 0 Å². The Morgan fingerprint density at radius 2 is 2.09 bits per heavy atom. The average molecular weight is 310 g/mol. The molecule has 0 bridgehead atoms. The fourth-order valence-corrected chi connectivity index (χ4v) is 3.62. The summed E-state index contributed by atoms with van der Waals surface area (Å²) in [6.45, 7) is 0.753. The van der Waals surface area contributed by atoms with Crippen LogP contribution in [0.4, 0.5) is 0 Å². The Kier molecular flexibility index (Phi) is 3.47. The second-order valence-corrected chi connectivity index (χ2v) is 6.90. The molecule has 1 aliphatic carbocycles. The highest BCUT2D eigenvalue weighted by molar-refractivity contribution is 7.09. The summed E-state index contributed by atoms with van der Waals surface area (Å²) in [7, 11) is 0. The van der Waals surface area contributed by atoms with E-state index in [4.69, 9.17) is 0 Å². The zero-order valence-electron chi connectivity index (χ0n) is 12.3. The summed E-state index contributed by atoms with van der Waals surface area (Å²) in [5, 5.41) is 3.23. The standard InChI is InChI=1S/C18H18N2OS/c21-18(10-13-11-19-17-6-2-1-5-16(13)17)20(14-7-8-14)12-15-4-3-9-22-15/h1-6,9,11,14,19H,7-8,10,12H2. The third kappa shape index (κ3) is 2.66. The molecule has 1 amide bonds. The molecule has 0 saturated heterocycles. The predicted octanol–water partition coefficient (Wildman–Crippen LogP) is 3.96. The van der Waals surface area contributed by atoms with Crippen molar-refractivity contribution in [3.63, 3.8) is 0 Å². The number of hydrogen-bond acceptors (Lipinski definition) is 2. The number of carbonyl (C=O) groups is 1. The quantitative estimate of drug-likeness (QED) is 0.760. The molecule has 0 spiro atoms. The van der Waals surface area contributed by atoms with E-state index in [1.807, 2.05) is 24.4 Å². The second-order valence-electron chi connectivity index (χ2n) is 5.87. The van der Waals surface area contributed by atoms with Crippen molar-refractivity contribution in [2.24, 2.45) is 0 Å². The SMILES string of the molecule is O=C(Cc1c[nH]c2ccccc12)N(Cc1cccs1)C1CC1. The van der Waals surface area contributed by atoms with Crippen LogP contribution < -0.4 is 0 Å². The number of thiophene rings is 1. The number of amides is 1. The van der Waals surface area contributed by atoms with Crippen molar-refractivity contribution >= 4 is 28.1 Å². The lowest BCUT2D eigenvalue weighted by Gasteiger charge is -2.21. The zero-order chi connectivity index (χ0) is 14.9. The Morgan fingerprint density at radius 3 is 2.86 bits per heavy atom. The second kappa shape index (κ2) is 5.61. The van der Waals surface area contributed by atoms with E-state index in [1.165, 1.54) is 4.88 Å². The molecule has 1 saturated carbocycles. The first kappa shape index (κ1) is 13.6. The van der Waals surface area contributed by atoms with Crippen LogP contribution in [0.5, 0.6) is 0 Å². The molecule has 1 aliphatic rings. The van der Waals surface area contributed by atoms with Crippen molar-refractivity contribution in [2.45, 2.75) is 31.8 Å². The molecule has 0 radical (unpaired) electrons. The lowest BCUT2D eigenvalue weighted by Crippen LogP contribution is -2.33. The van der Waals surface area contributed by atoms with Gasteiger partial charge in [0.25, 0.3) is 0 Å². The van der Waals surface area contributed by atoms with Gasteiger partial charge < -0.3 is 9.88 Å². The van der Waals surface area contributed by atoms with E-state index in [1.54, 1.807) is 11.3 Å². The van der Waals surface area contributed by atoms with E-state index in [9.17, 15) is 4.79 Å². The maximum absolute atomic E-state index is 12.8. The van der Waals surface area contributed by atoms with Crippen molar-refractivity contribution in [2.75, 3.05) is 0 Å². The highest BCUT2D eigenvalue weighted by Crippen LogP contribution is 2.30. The summed E-state index contributed by atoms with van der Waals surface area (Å²) in [5.41, 5.74) is 2.19. The van der Waals surface area contributed by atoms with Crippen LogP contribution in [0.25, 0.3) is 10.9 Å². The fourth-order valence-electron chi connectivity index (χ4n) is 2.92. The van der Waals surface area contributed by atoms with Gasteiger partial charge in [-0.15, -0.1) is 11.3 Å². The van der Waals surface area contributed by atoms with Gasteiger partial charge in [0.15, 0.2) is 0 Å². The largest absolute Gasteiger partial charge is 0.361 e. The van der Waals surface area contributed by atoms with Crippen LogP contribution in [0.1, 0.15) is 23.3 Å². The molecule has 2 aromatic heterocycles. The highest BCUT2D eigenvalue weighted by Gasteiger charge is 2.32. The molecule has 1 N–H and O–H groups in total. The molecule has 1 fully saturated rings.